The van der Waals surface area contributed by atoms with Crippen molar-refractivity contribution in [3.05, 3.63) is 46.9 Å². The molecule has 0 aliphatic rings. The van der Waals surface area contributed by atoms with Crippen molar-refractivity contribution in [2.45, 2.75) is 0 Å². The van der Waals surface area contributed by atoms with Crippen LogP contribution in [0, 0.1) is 0 Å². The van der Waals surface area contributed by atoms with Crippen LogP contribution >= 0.6 is 15.9 Å². The second-order valence-corrected chi connectivity index (χ2v) is 5.09. The Morgan fingerprint density at radius 1 is 1.17 bits per heavy atom. The second kappa shape index (κ2) is 4.14. The third-order valence-corrected chi connectivity index (χ3v) is 3.44. The summed E-state index contributed by atoms with van der Waals surface area (Å²) in [5.74, 6) is 1.10. The van der Waals surface area contributed by atoms with Crippen molar-refractivity contribution in [1.29, 1.82) is 0 Å². The molecular formula is C14H11BrN2O. The van der Waals surface area contributed by atoms with E-state index < -0.39 is 0 Å². The van der Waals surface area contributed by atoms with Gasteiger partial charge in [0.25, 0.3) is 0 Å². The lowest BCUT2D eigenvalue weighted by atomic mass is 10.2. The highest BCUT2D eigenvalue weighted by Gasteiger charge is 2.10. The summed E-state index contributed by atoms with van der Waals surface area (Å²) < 4.78 is 3.03. The van der Waals surface area contributed by atoms with Crippen LogP contribution in [-0.2, 0) is 7.05 Å². The highest BCUT2D eigenvalue weighted by molar-refractivity contribution is 9.10. The van der Waals surface area contributed by atoms with Crippen LogP contribution in [-0.4, -0.2) is 14.7 Å². The van der Waals surface area contributed by atoms with Crippen LogP contribution in [0.15, 0.2) is 46.9 Å². The number of phenolic OH excluding ortho intramolecular Hbond substituents is 1. The molecule has 1 heterocycles. The van der Waals surface area contributed by atoms with E-state index >= 15 is 0 Å². The fourth-order valence-electron chi connectivity index (χ4n) is 2.08. The average molecular weight is 303 g/mol. The molecule has 1 N–H and O–H groups in total. The Hall–Kier alpha value is -1.81. The minimum atomic E-state index is 0.251. The Morgan fingerprint density at radius 2 is 2.00 bits per heavy atom. The van der Waals surface area contributed by atoms with Gasteiger partial charge >= 0.3 is 0 Å². The Balaban J connectivity index is 2.27. The highest BCUT2D eigenvalue weighted by Crippen LogP contribution is 2.27. The summed E-state index contributed by atoms with van der Waals surface area (Å²) in [5.41, 5.74) is 2.91. The molecule has 0 fully saturated rings. The summed E-state index contributed by atoms with van der Waals surface area (Å²) in [6, 6.07) is 13.1. The molecule has 0 aliphatic carbocycles. The van der Waals surface area contributed by atoms with Gasteiger partial charge in [-0.2, -0.15) is 0 Å². The maximum atomic E-state index is 9.54. The average Bonchev–Trinajstić information content (AvgIpc) is 2.66. The van der Waals surface area contributed by atoms with Gasteiger partial charge < -0.3 is 9.67 Å². The lowest BCUT2D eigenvalue weighted by Crippen LogP contribution is -1.91. The zero-order valence-electron chi connectivity index (χ0n) is 9.76. The zero-order valence-corrected chi connectivity index (χ0v) is 11.3. The molecule has 0 saturated carbocycles. The minimum absolute atomic E-state index is 0.251. The Labute approximate surface area is 113 Å². The number of aromatic nitrogens is 2. The maximum absolute atomic E-state index is 9.54. The van der Waals surface area contributed by atoms with Crippen molar-refractivity contribution in [3.63, 3.8) is 0 Å². The molecule has 18 heavy (non-hydrogen) atoms. The van der Waals surface area contributed by atoms with E-state index in [1.807, 2.05) is 41.9 Å². The molecular weight excluding hydrogens is 292 g/mol. The summed E-state index contributed by atoms with van der Waals surface area (Å²) in [6.07, 6.45) is 0. The van der Waals surface area contributed by atoms with Gasteiger partial charge in [-0.25, -0.2) is 4.98 Å². The van der Waals surface area contributed by atoms with Crippen LogP contribution in [0.1, 0.15) is 0 Å². The molecule has 1 aromatic heterocycles. The minimum Gasteiger partial charge on any atom is -0.508 e. The number of imidazole rings is 1. The van der Waals surface area contributed by atoms with Gasteiger partial charge in [-0.3, -0.25) is 0 Å². The lowest BCUT2D eigenvalue weighted by molar-refractivity contribution is 0.475. The van der Waals surface area contributed by atoms with E-state index in [4.69, 9.17) is 0 Å². The van der Waals surface area contributed by atoms with Crippen molar-refractivity contribution in [1.82, 2.24) is 9.55 Å². The van der Waals surface area contributed by atoms with Gasteiger partial charge in [-0.15, -0.1) is 0 Å². The van der Waals surface area contributed by atoms with Crippen LogP contribution in [0.2, 0.25) is 0 Å². The van der Waals surface area contributed by atoms with Crippen molar-refractivity contribution in [3.8, 4) is 17.1 Å². The van der Waals surface area contributed by atoms with Crippen LogP contribution < -0.4 is 0 Å². The number of hydrogen-bond donors (Lipinski definition) is 1. The van der Waals surface area contributed by atoms with Crippen LogP contribution in [0.4, 0.5) is 0 Å². The lowest BCUT2D eigenvalue weighted by Gasteiger charge is -2.02. The molecule has 0 bridgehead atoms. The van der Waals surface area contributed by atoms with Gasteiger partial charge in [0, 0.05) is 17.1 Å². The number of nitrogens with zero attached hydrogens (tertiary/aromatic N) is 2. The van der Waals surface area contributed by atoms with Gasteiger partial charge in [0.05, 0.1) is 11.0 Å². The van der Waals surface area contributed by atoms with Gasteiger partial charge in [0.1, 0.15) is 11.6 Å². The van der Waals surface area contributed by atoms with Crippen LogP contribution in [0.25, 0.3) is 22.4 Å². The molecule has 0 spiro atoms. The number of hydrogen-bond acceptors (Lipinski definition) is 2. The van der Waals surface area contributed by atoms with E-state index in [1.54, 1.807) is 12.1 Å². The SMILES string of the molecule is Cn1c(-c2cccc(O)c2)nc2cc(Br)ccc21. The number of aromatic hydroxyl groups is 1. The summed E-state index contributed by atoms with van der Waals surface area (Å²) in [4.78, 5) is 4.61. The van der Waals surface area contributed by atoms with Gasteiger partial charge in [0.15, 0.2) is 0 Å². The quantitative estimate of drug-likeness (QED) is 0.744. The molecule has 3 nitrogen and oxygen atoms in total. The van der Waals surface area contributed by atoms with Gasteiger partial charge in [-0.05, 0) is 30.3 Å². The number of rotatable bonds is 1. The highest BCUT2D eigenvalue weighted by atomic mass is 79.9. The first-order chi connectivity index (χ1) is 8.65. The molecule has 0 amide bonds. The van der Waals surface area contributed by atoms with Crippen molar-refractivity contribution in [2.75, 3.05) is 0 Å². The number of fused-ring (bicyclic) bond motifs is 1. The third kappa shape index (κ3) is 1.78. The topological polar surface area (TPSA) is 38.0 Å². The predicted molar refractivity (Wildman–Crippen MR) is 75.5 cm³/mol. The fourth-order valence-corrected chi connectivity index (χ4v) is 2.43. The molecule has 2 aromatic carbocycles. The standard InChI is InChI=1S/C14H11BrN2O/c1-17-13-6-5-10(15)8-12(13)16-14(17)9-3-2-4-11(18)7-9/h2-8,18H,1H3. The van der Waals surface area contributed by atoms with Crippen LogP contribution in [0.3, 0.4) is 0 Å². The Bertz CT molecular complexity index is 734. The summed E-state index contributed by atoms with van der Waals surface area (Å²) in [6.45, 7) is 0. The van der Waals surface area contributed by atoms with E-state index in [0.717, 1.165) is 26.9 Å². The summed E-state index contributed by atoms with van der Waals surface area (Å²) in [5, 5.41) is 9.54. The molecule has 0 atom stereocenters. The third-order valence-electron chi connectivity index (χ3n) is 2.95. The summed E-state index contributed by atoms with van der Waals surface area (Å²) >= 11 is 3.44. The first-order valence-electron chi connectivity index (χ1n) is 5.56. The van der Waals surface area contributed by atoms with Crippen LogP contribution in [0.5, 0.6) is 5.75 Å². The molecule has 0 saturated heterocycles. The Morgan fingerprint density at radius 3 is 2.78 bits per heavy atom. The number of halogens is 1. The van der Waals surface area contributed by atoms with Crippen molar-refractivity contribution in [2.24, 2.45) is 7.05 Å². The molecule has 3 rings (SSSR count). The van der Waals surface area contributed by atoms with E-state index in [-0.39, 0.29) is 5.75 Å². The van der Waals surface area contributed by atoms with E-state index in [9.17, 15) is 5.11 Å². The summed E-state index contributed by atoms with van der Waals surface area (Å²) in [7, 11) is 1.97. The monoisotopic (exact) mass is 302 g/mol. The normalized spacial score (nSPS) is 11.0. The largest absolute Gasteiger partial charge is 0.508 e. The number of aryl methyl sites for hydroxylation is 1. The second-order valence-electron chi connectivity index (χ2n) is 4.18. The predicted octanol–water partition coefficient (Wildman–Crippen LogP) is 3.71. The van der Waals surface area contributed by atoms with Crippen molar-refractivity contribution >= 4 is 27.0 Å². The smallest absolute Gasteiger partial charge is 0.140 e. The first kappa shape index (κ1) is 11.3. The zero-order chi connectivity index (χ0) is 12.7. The molecule has 0 aliphatic heterocycles. The number of phenols is 1. The first-order valence-corrected chi connectivity index (χ1v) is 6.36. The van der Waals surface area contributed by atoms with Crippen molar-refractivity contribution < 1.29 is 5.11 Å². The van der Waals surface area contributed by atoms with E-state index in [0.29, 0.717) is 0 Å². The van der Waals surface area contributed by atoms with Gasteiger partial charge in [0.2, 0.25) is 0 Å². The van der Waals surface area contributed by atoms with Gasteiger partial charge in [-0.1, -0.05) is 28.1 Å². The maximum Gasteiger partial charge on any atom is 0.140 e. The van der Waals surface area contributed by atoms with E-state index in [2.05, 4.69) is 20.9 Å². The molecule has 0 radical (unpaired) electrons. The molecule has 4 heteroatoms. The fraction of sp³-hybridized carbons (Fsp3) is 0.0714. The molecule has 0 unspecified atom stereocenters. The Kier molecular flexibility index (Phi) is 2.59. The number of benzene rings is 2. The molecule has 90 valence electrons. The molecule has 3 aromatic rings. The van der Waals surface area contributed by atoms with E-state index in [1.165, 1.54) is 0 Å².